The van der Waals surface area contributed by atoms with Gasteiger partial charge >= 0.3 is 0 Å². The minimum Gasteiger partial charge on any atom is -0.394 e. The van der Waals surface area contributed by atoms with Gasteiger partial charge in [-0.25, -0.2) is 5.84 Å². The molecule has 7 nitrogen and oxygen atoms in total. The molecule has 7 heteroatoms. The maximum Gasteiger partial charge on any atom is 0.208 e. The predicted octanol–water partition coefficient (Wildman–Crippen LogP) is -1.07. The third-order valence-corrected chi connectivity index (χ3v) is 2.68. The van der Waals surface area contributed by atoms with Gasteiger partial charge in [0.15, 0.2) is 0 Å². The highest BCUT2D eigenvalue weighted by Gasteiger charge is 2.21. The first kappa shape index (κ1) is 15.2. The molecule has 0 radical (unpaired) electrons. The van der Waals surface area contributed by atoms with Crippen molar-refractivity contribution >= 4 is 5.96 Å². The number of ether oxygens (including phenoxy) is 2. The highest BCUT2D eigenvalue weighted by Crippen LogP contribution is 2.04. The molecule has 0 aromatic rings. The second kappa shape index (κ2) is 9.09. The summed E-state index contributed by atoms with van der Waals surface area (Å²) in [6.45, 7) is 5.99. The number of nitrogens with two attached hydrogens (primary N) is 1. The fourth-order valence-corrected chi connectivity index (χ4v) is 1.76. The second-order valence-corrected chi connectivity index (χ2v) is 4.02. The molecule has 0 saturated carbocycles. The summed E-state index contributed by atoms with van der Waals surface area (Å²) in [5.74, 6) is 6.12. The topological polar surface area (TPSA) is 92.3 Å². The number of aliphatic hydroxyl groups excluding tert-OH is 1. The van der Waals surface area contributed by atoms with Crippen LogP contribution in [0.5, 0.6) is 0 Å². The minimum absolute atomic E-state index is 0.0126. The molecule has 0 amide bonds. The van der Waals surface area contributed by atoms with Crippen LogP contribution >= 0.6 is 0 Å². The first-order chi connectivity index (χ1) is 8.81. The number of guanidine groups is 1. The zero-order chi connectivity index (χ0) is 13.2. The molecule has 4 N–H and O–H groups in total. The molecular formula is C11H24N4O3. The van der Waals surface area contributed by atoms with E-state index in [9.17, 15) is 0 Å². The van der Waals surface area contributed by atoms with Gasteiger partial charge in [-0.1, -0.05) is 0 Å². The van der Waals surface area contributed by atoms with Crippen LogP contribution in [0.3, 0.4) is 0 Å². The van der Waals surface area contributed by atoms with E-state index in [1.54, 1.807) is 0 Å². The summed E-state index contributed by atoms with van der Waals surface area (Å²) in [7, 11) is 0. The van der Waals surface area contributed by atoms with Gasteiger partial charge in [0.05, 0.1) is 19.3 Å². The lowest BCUT2D eigenvalue weighted by Crippen LogP contribution is -2.53. The van der Waals surface area contributed by atoms with Gasteiger partial charge in [-0.05, 0) is 13.3 Å². The van der Waals surface area contributed by atoms with Crippen molar-refractivity contribution in [1.29, 1.82) is 0 Å². The van der Waals surface area contributed by atoms with Crippen LogP contribution in [-0.4, -0.2) is 68.1 Å². The quantitative estimate of drug-likeness (QED) is 0.185. The van der Waals surface area contributed by atoms with Crippen molar-refractivity contribution < 1.29 is 14.6 Å². The van der Waals surface area contributed by atoms with Gasteiger partial charge in [0.2, 0.25) is 5.96 Å². The van der Waals surface area contributed by atoms with Crippen molar-refractivity contribution in [1.82, 2.24) is 10.3 Å². The third kappa shape index (κ3) is 5.18. The Hall–Kier alpha value is -0.890. The van der Waals surface area contributed by atoms with Gasteiger partial charge in [-0.2, -0.15) is 0 Å². The Morgan fingerprint density at radius 2 is 2.50 bits per heavy atom. The normalized spacial score (nSPS) is 21.2. The molecule has 0 aromatic carbocycles. The average molecular weight is 260 g/mol. The van der Waals surface area contributed by atoms with Gasteiger partial charge in [0, 0.05) is 32.8 Å². The maximum atomic E-state index is 9.08. The Labute approximate surface area is 108 Å². The van der Waals surface area contributed by atoms with Crippen LogP contribution < -0.4 is 11.3 Å². The summed E-state index contributed by atoms with van der Waals surface area (Å²) in [6.07, 6.45) is 0.702. The van der Waals surface area contributed by atoms with Crippen molar-refractivity contribution in [3.63, 3.8) is 0 Å². The fourth-order valence-electron chi connectivity index (χ4n) is 1.76. The molecule has 1 aliphatic rings. The predicted molar refractivity (Wildman–Crippen MR) is 69.1 cm³/mol. The lowest BCUT2D eigenvalue weighted by Gasteiger charge is -2.33. The highest BCUT2D eigenvalue weighted by atomic mass is 16.5. The van der Waals surface area contributed by atoms with Gasteiger partial charge < -0.3 is 19.5 Å². The molecule has 18 heavy (non-hydrogen) atoms. The van der Waals surface area contributed by atoms with E-state index in [-0.39, 0.29) is 12.7 Å². The van der Waals surface area contributed by atoms with Crippen molar-refractivity contribution in [2.24, 2.45) is 10.8 Å². The number of hydrogen-bond donors (Lipinski definition) is 3. The monoisotopic (exact) mass is 260 g/mol. The summed E-state index contributed by atoms with van der Waals surface area (Å²) in [5, 5.41) is 9.08. The number of rotatable bonds is 6. The molecule has 0 bridgehead atoms. The van der Waals surface area contributed by atoms with E-state index in [4.69, 9.17) is 20.4 Å². The van der Waals surface area contributed by atoms with Crippen molar-refractivity contribution in [2.45, 2.75) is 19.4 Å². The number of hydrogen-bond acceptors (Lipinski definition) is 5. The number of morpholine rings is 1. The molecule has 0 aliphatic carbocycles. The van der Waals surface area contributed by atoms with Crippen LogP contribution in [0.1, 0.15) is 13.3 Å². The molecular weight excluding hydrogens is 236 g/mol. The number of nitrogens with zero attached hydrogens (tertiary/aromatic N) is 2. The largest absolute Gasteiger partial charge is 0.394 e. The van der Waals surface area contributed by atoms with E-state index in [2.05, 4.69) is 10.4 Å². The van der Waals surface area contributed by atoms with E-state index in [0.29, 0.717) is 32.3 Å². The molecule has 1 atom stereocenters. The minimum atomic E-state index is -0.166. The third-order valence-electron chi connectivity index (χ3n) is 2.68. The Morgan fingerprint density at radius 3 is 3.17 bits per heavy atom. The molecule has 1 fully saturated rings. The van der Waals surface area contributed by atoms with Gasteiger partial charge in [-0.3, -0.25) is 10.4 Å². The van der Waals surface area contributed by atoms with Crippen LogP contribution in [-0.2, 0) is 9.47 Å². The molecule has 1 heterocycles. The Kier molecular flexibility index (Phi) is 7.66. The molecule has 1 rings (SSSR count). The van der Waals surface area contributed by atoms with Crippen LogP contribution in [0.2, 0.25) is 0 Å². The van der Waals surface area contributed by atoms with Gasteiger partial charge in [0.25, 0.3) is 0 Å². The molecule has 1 unspecified atom stereocenters. The SMILES string of the molecule is CCOCCCN=C(NN)N1CCOC(CO)C1. The summed E-state index contributed by atoms with van der Waals surface area (Å²) >= 11 is 0. The Bertz CT molecular complexity index is 250. The Balaban J connectivity index is 2.36. The number of hydrazine groups is 1. The molecule has 106 valence electrons. The second-order valence-electron chi connectivity index (χ2n) is 4.02. The molecule has 0 aromatic heterocycles. The van der Waals surface area contributed by atoms with E-state index in [1.165, 1.54) is 0 Å². The zero-order valence-electron chi connectivity index (χ0n) is 11.0. The van der Waals surface area contributed by atoms with Gasteiger partial charge in [-0.15, -0.1) is 0 Å². The lowest BCUT2D eigenvalue weighted by atomic mass is 10.3. The highest BCUT2D eigenvalue weighted by molar-refractivity contribution is 5.79. The molecule has 1 aliphatic heterocycles. The first-order valence-electron chi connectivity index (χ1n) is 6.38. The summed E-state index contributed by atoms with van der Waals surface area (Å²) in [5.41, 5.74) is 2.61. The van der Waals surface area contributed by atoms with Crippen molar-refractivity contribution in [3.8, 4) is 0 Å². The zero-order valence-corrected chi connectivity index (χ0v) is 11.0. The summed E-state index contributed by atoms with van der Waals surface area (Å²) in [6, 6.07) is 0. The van der Waals surface area contributed by atoms with Crippen molar-refractivity contribution in [3.05, 3.63) is 0 Å². The number of aliphatic hydroxyl groups is 1. The first-order valence-corrected chi connectivity index (χ1v) is 6.38. The summed E-state index contributed by atoms with van der Waals surface area (Å²) < 4.78 is 10.6. The smallest absolute Gasteiger partial charge is 0.208 e. The number of aliphatic imine (C=N–C) groups is 1. The Morgan fingerprint density at radius 1 is 1.67 bits per heavy atom. The van der Waals surface area contributed by atoms with Crippen LogP contribution in [0.25, 0.3) is 0 Å². The van der Waals surface area contributed by atoms with E-state index >= 15 is 0 Å². The van der Waals surface area contributed by atoms with E-state index in [1.807, 2.05) is 11.8 Å². The lowest BCUT2D eigenvalue weighted by molar-refractivity contribution is -0.0349. The molecule has 1 saturated heterocycles. The summed E-state index contributed by atoms with van der Waals surface area (Å²) in [4.78, 5) is 6.39. The van der Waals surface area contributed by atoms with Crippen LogP contribution in [0.4, 0.5) is 0 Å². The van der Waals surface area contributed by atoms with Crippen LogP contribution in [0, 0.1) is 0 Å². The van der Waals surface area contributed by atoms with E-state index < -0.39 is 0 Å². The van der Waals surface area contributed by atoms with Gasteiger partial charge in [0.1, 0.15) is 0 Å². The van der Waals surface area contributed by atoms with E-state index in [0.717, 1.165) is 19.6 Å². The molecule has 0 spiro atoms. The average Bonchev–Trinajstić information content (AvgIpc) is 2.43. The van der Waals surface area contributed by atoms with Crippen LogP contribution in [0.15, 0.2) is 4.99 Å². The fraction of sp³-hybridized carbons (Fsp3) is 0.909. The van der Waals surface area contributed by atoms with Crippen molar-refractivity contribution in [2.75, 3.05) is 46.1 Å². The maximum absolute atomic E-state index is 9.08. The number of nitrogens with one attached hydrogen (secondary N) is 1. The standard InChI is InChI=1S/C11H24N4O3/c1-2-17-6-3-4-13-11(14-12)15-5-7-18-10(8-15)9-16/h10,16H,2-9,12H2,1H3,(H,13,14).